The molecule has 0 spiro atoms. The monoisotopic (exact) mass is 299 g/mol. The highest BCUT2D eigenvalue weighted by molar-refractivity contribution is 7.93. The van der Waals surface area contributed by atoms with Crippen molar-refractivity contribution in [3.05, 3.63) is 24.5 Å². The van der Waals surface area contributed by atoms with Crippen molar-refractivity contribution in [3.8, 4) is 0 Å². The maximum atomic E-state index is 12.1. The second-order valence-electron chi connectivity index (χ2n) is 3.69. The van der Waals surface area contributed by atoms with E-state index < -0.39 is 10.0 Å². The average Bonchev–Trinajstić information content (AvgIpc) is 2.89. The third kappa shape index (κ3) is 3.61. The summed E-state index contributed by atoms with van der Waals surface area (Å²) in [6.07, 6.45) is 3.75. The summed E-state index contributed by atoms with van der Waals surface area (Å²) in [5, 5.41) is 6.99. The largest absolute Gasteiger partial charge is 0.370 e. The number of nitrogens with one attached hydrogen (secondary N) is 2. The molecule has 7 nitrogen and oxygen atoms in total. The maximum absolute atomic E-state index is 12.1. The quantitative estimate of drug-likeness (QED) is 0.840. The van der Waals surface area contributed by atoms with Crippen molar-refractivity contribution in [1.29, 1.82) is 0 Å². The van der Waals surface area contributed by atoms with Crippen LogP contribution in [-0.4, -0.2) is 29.5 Å². The van der Waals surface area contributed by atoms with Gasteiger partial charge in [0.15, 0.2) is 0 Å². The van der Waals surface area contributed by atoms with Crippen molar-refractivity contribution in [1.82, 2.24) is 14.6 Å². The Morgan fingerprint density at radius 2 is 2.26 bits per heavy atom. The van der Waals surface area contributed by atoms with E-state index in [4.69, 9.17) is 0 Å². The van der Waals surface area contributed by atoms with E-state index in [1.165, 1.54) is 24.5 Å². The Bertz CT molecular complexity index is 627. The molecule has 2 aromatic rings. The van der Waals surface area contributed by atoms with E-state index in [0.717, 1.165) is 24.5 Å². The molecule has 19 heavy (non-hydrogen) atoms. The Morgan fingerprint density at radius 1 is 1.42 bits per heavy atom. The Morgan fingerprint density at radius 3 is 2.95 bits per heavy atom. The molecule has 0 atom stereocenters. The zero-order valence-corrected chi connectivity index (χ0v) is 11.8. The zero-order chi connectivity index (χ0) is 13.7. The van der Waals surface area contributed by atoms with Crippen LogP contribution in [0, 0.1) is 0 Å². The standard InChI is InChI=1S/C10H13N5O2S2/c1-2-4-11-9-6-8(3-5-12-9)19(16,17)14-10-7-13-15-18-10/h3,5-7,14H,2,4H2,1H3,(H,11,12). The smallest absolute Gasteiger partial charge is 0.262 e. The van der Waals surface area contributed by atoms with E-state index in [9.17, 15) is 8.42 Å². The van der Waals surface area contributed by atoms with Gasteiger partial charge in [0, 0.05) is 30.3 Å². The summed E-state index contributed by atoms with van der Waals surface area (Å²) >= 11 is 0.980. The first-order valence-corrected chi connectivity index (χ1v) is 7.87. The molecule has 0 bridgehead atoms. The predicted octanol–water partition coefficient (Wildman–Crippen LogP) is 1.56. The number of nitrogens with zero attached hydrogens (tertiary/aromatic N) is 3. The van der Waals surface area contributed by atoms with Gasteiger partial charge in [-0.15, -0.1) is 5.10 Å². The van der Waals surface area contributed by atoms with Crippen LogP contribution >= 0.6 is 11.5 Å². The van der Waals surface area contributed by atoms with Crippen LogP contribution in [0.2, 0.25) is 0 Å². The number of aromatic nitrogens is 3. The first kappa shape index (κ1) is 13.7. The molecular weight excluding hydrogens is 286 g/mol. The van der Waals surface area contributed by atoms with Gasteiger partial charge in [-0.05, 0) is 12.5 Å². The lowest BCUT2D eigenvalue weighted by Crippen LogP contribution is -2.13. The van der Waals surface area contributed by atoms with Crippen molar-refractivity contribution in [3.63, 3.8) is 0 Å². The molecule has 0 radical (unpaired) electrons. The SMILES string of the molecule is CCCNc1cc(S(=O)(=O)Nc2cnns2)ccn1. The van der Waals surface area contributed by atoms with Gasteiger partial charge >= 0.3 is 0 Å². The predicted molar refractivity (Wildman–Crippen MR) is 73.7 cm³/mol. The lowest BCUT2D eigenvalue weighted by Gasteiger charge is -2.07. The highest BCUT2D eigenvalue weighted by Crippen LogP contribution is 2.18. The van der Waals surface area contributed by atoms with Gasteiger partial charge in [0.05, 0.1) is 11.1 Å². The molecule has 9 heteroatoms. The van der Waals surface area contributed by atoms with E-state index in [0.29, 0.717) is 10.8 Å². The number of hydrogen-bond donors (Lipinski definition) is 2. The van der Waals surface area contributed by atoms with Crippen LogP contribution in [0.25, 0.3) is 0 Å². The molecule has 0 amide bonds. The summed E-state index contributed by atoms with van der Waals surface area (Å²) in [5.74, 6) is 0.534. The third-order valence-electron chi connectivity index (χ3n) is 2.19. The fourth-order valence-electron chi connectivity index (χ4n) is 1.33. The average molecular weight is 299 g/mol. The van der Waals surface area contributed by atoms with E-state index in [1.54, 1.807) is 0 Å². The fourth-order valence-corrected chi connectivity index (χ4v) is 3.03. The van der Waals surface area contributed by atoms with E-state index in [-0.39, 0.29) is 4.90 Å². The third-order valence-corrected chi connectivity index (χ3v) is 4.27. The van der Waals surface area contributed by atoms with Crippen molar-refractivity contribution in [2.24, 2.45) is 0 Å². The van der Waals surface area contributed by atoms with Crippen LogP contribution in [0.5, 0.6) is 0 Å². The van der Waals surface area contributed by atoms with Gasteiger partial charge in [-0.1, -0.05) is 11.4 Å². The van der Waals surface area contributed by atoms with Gasteiger partial charge in [-0.2, -0.15) is 0 Å². The van der Waals surface area contributed by atoms with Gasteiger partial charge in [0.25, 0.3) is 10.0 Å². The van der Waals surface area contributed by atoms with E-state index in [2.05, 4.69) is 24.6 Å². The summed E-state index contributed by atoms with van der Waals surface area (Å²) in [6, 6.07) is 2.93. The molecular formula is C10H13N5O2S2. The Kier molecular flexibility index (Phi) is 4.27. The van der Waals surface area contributed by atoms with Gasteiger partial charge < -0.3 is 5.32 Å². The summed E-state index contributed by atoms with van der Waals surface area (Å²) in [4.78, 5) is 4.21. The van der Waals surface area contributed by atoms with Crippen molar-refractivity contribution in [2.75, 3.05) is 16.6 Å². The molecule has 2 aromatic heterocycles. The van der Waals surface area contributed by atoms with Crippen LogP contribution in [0.1, 0.15) is 13.3 Å². The molecule has 2 heterocycles. The number of hydrogen-bond acceptors (Lipinski definition) is 7. The Balaban J connectivity index is 2.20. The van der Waals surface area contributed by atoms with Crippen LogP contribution < -0.4 is 10.0 Å². The second-order valence-corrected chi connectivity index (χ2v) is 6.16. The molecule has 102 valence electrons. The van der Waals surface area contributed by atoms with Gasteiger partial charge in [0.1, 0.15) is 10.8 Å². The Hall–Kier alpha value is -1.74. The molecule has 2 N–H and O–H groups in total. The molecule has 0 aromatic carbocycles. The van der Waals surface area contributed by atoms with E-state index in [1.807, 2.05) is 6.92 Å². The lowest BCUT2D eigenvalue weighted by molar-refractivity contribution is 0.601. The van der Waals surface area contributed by atoms with Gasteiger partial charge in [-0.25, -0.2) is 13.4 Å². The first-order chi connectivity index (χ1) is 9.12. The summed E-state index contributed by atoms with van der Waals surface area (Å²) in [7, 11) is -3.63. The zero-order valence-electron chi connectivity index (χ0n) is 10.2. The van der Waals surface area contributed by atoms with Gasteiger partial charge in [-0.3, -0.25) is 4.72 Å². The molecule has 0 fully saturated rings. The van der Waals surface area contributed by atoms with Crippen LogP contribution in [0.3, 0.4) is 0 Å². The van der Waals surface area contributed by atoms with Crippen LogP contribution in [0.4, 0.5) is 10.8 Å². The topological polar surface area (TPSA) is 96.9 Å². The van der Waals surface area contributed by atoms with Gasteiger partial charge in [0.2, 0.25) is 0 Å². The molecule has 2 rings (SSSR count). The lowest BCUT2D eigenvalue weighted by atomic mass is 10.4. The fraction of sp³-hybridized carbons (Fsp3) is 0.300. The molecule has 0 aliphatic rings. The van der Waals surface area contributed by atoms with Crippen molar-refractivity contribution < 1.29 is 8.42 Å². The number of anilines is 2. The highest BCUT2D eigenvalue weighted by Gasteiger charge is 2.16. The van der Waals surface area contributed by atoms with Crippen LogP contribution in [-0.2, 0) is 10.0 Å². The summed E-state index contributed by atoms with van der Waals surface area (Å²) in [5.41, 5.74) is 0. The minimum atomic E-state index is -3.63. The van der Waals surface area contributed by atoms with Crippen molar-refractivity contribution in [2.45, 2.75) is 18.2 Å². The normalized spacial score (nSPS) is 11.2. The summed E-state index contributed by atoms with van der Waals surface area (Å²) in [6.45, 7) is 2.76. The molecule has 0 aliphatic carbocycles. The maximum Gasteiger partial charge on any atom is 0.262 e. The minimum Gasteiger partial charge on any atom is -0.370 e. The Labute approximate surface area is 115 Å². The second kappa shape index (κ2) is 5.93. The van der Waals surface area contributed by atoms with Crippen molar-refractivity contribution >= 4 is 32.4 Å². The molecule has 0 saturated carbocycles. The number of sulfonamides is 1. The van der Waals surface area contributed by atoms with Crippen LogP contribution in [0.15, 0.2) is 29.4 Å². The highest BCUT2D eigenvalue weighted by atomic mass is 32.2. The number of rotatable bonds is 6. The molecule has 0 unspecified atom stereocenters. The molecule has 0 aliphatic heterocycles. The van der Waals surface area contributed by atoms with E-state index >= 15 is 0 Å². The minimum absolute atomic E-state index is 0.148. The first-order valence-electron chi connectivity index (χ1n) is 5.62. The number of pyridine rings is 1. The summed E-state index contributed by atoms with van der Waals surface area (Å²) < 4.78 is 30.2. The molecule has 0 saturated heterocycles.